The minimum atomic E-state index is -0.887. The van der Waals surface area contributed by atoms with E-state index in [-0.39, 0.29) is 24.9 Å². The Balaban J connectivity index is 2.95. The number of carboxylic acids is 1. The van der Waals surface area contributed by atoms with Crippen molar-refractivity contribution in [3.8, 4) is 0 Å². The smallest absolute Gasteiger partial charge is 0.305 e. The fraction of sp³-hybridized carbons (Fsp3) is 0.467. The molecule has 1 aromatic rings. The summed E-state index contributed by atoms with van der Waals surface area (Å²) in [6.07, 6.45) is 0.755. The van der Waals surface area contributed by atoms with Gasteiger partial charge in [0.15, 0.2) is 0 Å². The van der Waals surface area contributed by atoms with Gasteiger partial charge < -0.3 is 10.0 Å². The van der Waals surface area contributed by atoms with Gasteiger partial charge in [-0.05, 0) is 31.9 Å². The van der Waals surface area contributed by atoms with Crippen LogP contribution in [0.15, 0.2) is 24.3 Å². The second kappa shape index (κ2) is 6.92. The Morgan fingerprint density at radius 3 is 2.42 bits per heavy atom. The van der Waals surface area contributed by atoms with Crippen molar-refractivity contribution in [3.05, 3.63) is 35.4 Å². The van der Waals surface area contributed by atoms with Gasteiger partial charge in [0.1, 0.15) is 0 Å². The topological polar surface area (TPSA) is 57.6 Å². The average Bonchev–Trinajstić information content (AvgIpc) is 2.37. The molecule has 4 nitrogen and oxygen atoms in total. The zero-order valence-electron chi connectivity index (χ0n) is 11.7. The Labute approximate surface area is 114 Å². The van der Waals surface area contributed by atoms with Gasteiger partial charge in [0.2, 0.25) is 0 Å². The van der Waals surface area contributed by atoms with Crippen LogP contribution in [-0.2, 0) is 11.2 Å². The van der Waals surface area contributed by atoms with E-state index in [1.807, 2.05) is 39.0 Å². The summed E-state index contributed by atoms with van der Waals surface area (Å²) >= 11 is 0. The molecule has 0 aliphatic carbocycles. The van der Waals surface area contributed by atoms with E-state index in [0.717, 1.165) is 12.0 Å². The Morgan fingerprint density at radius 2 is 1.89 bits per heavy atom. The van der Waals surface area contributed by atoms with Crippen LogP contribution in [0.1, 0.15) is 43.1 Å². The standard InChI is InChI=1S/C15H21NO3/c1-4-12-7-5-6-8-13(12)15(19)16(11(2)3)10-9-14(17)18/h5-8,11H,4,9-10H2,1-3H3,(H,17,18). The fourth-order valence-corrected chi connectivity index (χ4v) is 2.00. The molecule has 104 valence electrons. The molecule has 0 saturated carbocycles. The van der Waals surface area contributed by atoms with Crippen LogP contribution in [-0.4, -0.2) is 34.5 Å². The molecule has 0 aliphatic rings. The third kappa shape index (κ3) is 4.09. The third-order valence-electron chi connectivity index (χ3n) is 3.08. The fourth-order valence-electron chi connectivity index (χ4n) is 2.00. The minimum absolute atomic E-state index is 0.0169. The highest BCUT2D eigenvalue weighted by molar-refractivity contribution is 5.96. The average molecular weight is 263 g/mol. The van der Waals surface area contributed by atoms with Crippen LogP contribution in [0.2, 0.25) is 0 Å². The van der Waals surface area contributed by atoms with Crippen LogP contribution in [0.3, 0.4) is 0 Å². The number of amides is 1. The lowest BCUT2D eigenvalue weighted by Crippen LogP contribution is -2.38. The summed E-state index contributed by atoms with van der Waals surface area (Å²) in [5.41, 5.74) is 1.66. The first-order valence-corrected chi connectivity index (χ1v) is 6.58. The van der Waals surface area contributed by atoms with E-state index in [2.05, 4.69) is 0 Å². The predicted molar refractivity (Wildman–Crippen MR) is 74.2 cm³/mol. The van der Waals surface area contributed by atoms with E-state index in [1.54, 1.807) is 11.0 Å². The van der Waals surface area contributed by atoms with Crippen LogP contribution >= 0.6 is 0 Å². The quantitative estimate of drug-likeness (QED) is 0.858. The van der Waals surface area contributed by atoms with E-state index in [4.69, 9.17) is 5.11 Å². The molecule has 1 rings (SSSR count). The zero-order valence-corrected chi connectivity index (χ0v) is 11.7. The van der Waals surface area contributed by atoms with Crippen LogP contribution < -0.4 is 0 Å². The van der Waals surface area contributed by atoms with E-state index >= 15 is 0 Å². The largest absolute Gasteiger partial charge is 0.481 e. The summed E-state index contributed by atoms with van der Waals surface area (Å²) < 4.78 is 0. The number of hydrogen-bond acceptors (Lipinski definition) is 2. The van der Waals surface area contributed by atoms with Gasteiger partial charge in [-0.2, -0.15) is 0 Å². The molecule has 0 spiro atoms. The summed E-state index contributed by atoms with van der Waals surface area (Å²) in [7, 11) is 0. The zero-order chi connectivity index (χ0) is 14.4. The van der Waals surface area contributed by atoms with Crippen molar-refractivity contribution in [1.82, 2.24) is 4.90 Å². The van der Waals surface area contributed by atoms with E-state index < -0.39 is 5.97 Å². The SMILES string of the molecule is CCc1ccccc1C(=O)N(CCC(=O)O)C(C)C. The molecule has 1 aromatic carbocycles. The number of carbonyl (C=O) groups is 2. The van der Waals surface area contributed by atoms with E-state index in [9.17, 15) is 9.59 Å². The van der Waals surface area contributed by atoms with Gasteiger partial charge in [0.05, 0.1) is 6.42 Å². The number of carbonyl (C=O) groups excluding carboxylic acids is 1. The first kappa shape index (κ1) is 15.2. The van der Waals surface area contributed by atoms with Gasteiger partial charge in [-0.25, -0.2) is 0 Å². The van der Waals surface area contributed by atoms with E-state index in [0.29, 0.717) is 5.56 Å². The molecule has 0 fully saturated rings. The maximum atomic E-state index is 12.5. The lowest BCUT2D eigenvalue weighted by atomic mass is 10.0. The summed E-state index contributed by atoms with van der Waals surface area (Å²) in [5.74, 6) is -0.976. The normalized spacial score (nSPS) is 10.5. The first-order valence-electron chi connectivity index (χ1n) is 6.58. The third-order valence-corrected chi connectivity index (χ3v) is 3.08. The van der Waals surface area contributed by atoms with Crippen LogP contribution in [0.25, 0.3) is 0 Å². The highest BCUT2D eigenvalue weighted by Crippen LogP contribution is 2.14. The van der Waals surface area contributed by atoms with Crippen molar-refractivity contribution in [2.45, 2.75) is 39.7 Å². The Kier molecular flexibility index (Phi) is 5.55. The lowest BCUT2D eigenvalue weighted by Gasteiger charge is -2.27. The van der Waals surface area contributed by atoms with Crippen LogP contribution in [0.5, 0.6) is 0 Å². The van der Waals surface area contributed by atoms with Gasteiger partial charge in [-0.15, -0.1) is 0 Å². The Morgan fingerprint density at radius 1 is 1.26 bits per heavy atom. The maximum Gasteiger partial charge on any atom is 0.305 e. The molecule has 0 aromatic heterocycles. The second-order valence-electron chi connectivity index (χ2n) is 4.75. The molecule has 4 heteroatoms. The molecule has 0 aliphatic heterocycles. The van der Waals surface area contributed by atoms with Crippen molar-refractivity contribution in [1.29, 1.82) is 0 Å². The first-order chi connectivity index (χ1) is 8.97. The van der Waals surface area contributed by atoms with Gasteiger partial charge >= 0.3 is 5.97 Å². The number of aliphatic carboxylic acids is 1. The predicted octanol–water partition coefficient (Wildman–Crippen LogP) is 2.57. The number of hydrogen-bond donors (Lipinski definition) is 1. The van der Waals surface area contributed by atoms with Crippen molar-refractivity contribution >= 4 is 11.9 Å². The van der Waals surface area contributed by atoms with Crippen LogP contribution in [0, 0.1) is 0 Å². The molecule has 0 bridgehead atoms. The highest BCUT2D eigenvalue weighted by atomic mass is 16.4. The van der Waals surface area contributed by atoms with Crippen molar-refractivity contribution in [2.24, 2.45) is 0 Å². The molecule has 0 unspecified atom stereocenters. The molecule has 19 heavy (non-hydrogen) atoms. The van der Waals surface area contributed by atoms with Crippen molar-refractivity contribution in [2.75, 3.05) is 6.54 Å². The number of benzene rings is 1. The van der Waals surface area contributed by atoms with Gasteiger partial charge in [-0.1, -0.05) is 25.1 Å². The van der Waals surface area contributed by atoms with Crippen molar-refractivity contribution in [3.63, 3.8) is 0 Å². The molecule has 0 atom stereocenters. The number of rotatable bonds is 6. The van der Waals surface area contributed by atoms with E-state index in [1.165, 1.54) is 0 Å². The van der Waals surface area contributed by atoms with Gasteiger partial charge in [-0.3, -0.25) is 9.59 Å². The summed E-state index contributed by atoms with van der Waals surface area (Å²) in [6, 6.07) is 7.46. The molecule has 0 heterocycles. The molecular weight excluding hydrogens is 242 g/mol. The molecular formula is C15H21NO3. The van der Waals surface area contributed by atoms with Gasteiger partial charge in [0.25, 0.3) is 5.91 Å². The summed E-state index contributed by atoms with van der Waals surface area (Å²) in [4.78, 5) is 24.8. The Bertz CT molecular complexity index is 454. The number of aryl methyl sites for hydroxylation is 1. The van der Waals surface area contributed by atoms with Crippen molar-refractivity contribution < 1.29 is 14.7 Å². The number of carboxylic acid groups (broad SMARTS) is 1. The summed E-state index contributed by atoms with van der Waals surface area (Å²) in [6.45, 7) is 6.04. The molecule has 1 N–H and O–H groups in total. The lowest BCUT2D eigenvalue weighted by molar-refractivity contribution is -0.137. The molecule has 0 radical (unpaired) electrons. The molecule has 0 saturated heterocycles. The monoisotopic (exact) mass is 263 g/mol. The summed E-state index contributed by atoms with van der Waals surface area (Å²) in [5, 5.41) is 8.76. The van der Waals surface area contributed by atoms with Gasteiger partial charge in [0, 0.05) is 18.2 Å². The number of nitrogens with zero attached hydrogens (tertiary/aromatic N) is 1. The highest BCUT2D eigenvalue weighted by Gasteiger charge is 2.21. The molecule has 1 amide bonds. The maximum absolute atomic E-state index is 12.5. The minimum Gasteiger partial charge on any atom is -0.481 e. The Hall–Kier alpha value is -1.84. The van der Waals surface area contributed by atoms with Crippen LogP contribution in [0.4, 0.5) is 0 Å². The second-order valence-corrected chi connectivity index (χ2v) is 4.75.